The van der Waals surface area contributed by atoms with Crippen LogP contribution in [0.4, 0.5) is 4.79 Å². The molecule has 0 aromatic heterocycles. The van der Waals surface area contributed by atoms with E-state index < -0.39 is 12.1 Å². The summed E-state index contributed by atoms with van der Waals surface area (Å²) in [5.41, 5.74) is 0.322. The van der Waals surface area contributed by atoms with Gasteiger partial charge in [-0.3, -0.25) is 0 Å². The van der Waals surface area contributed by atoms with Crippen LogP contribution in [-0.2, 0) is 23.4 Å². The molecule has 0 aliphatic rings. The van der Waals surface area contributed by atoms with E-state index >= 15 is 0 Å². The highest BCUT2D eigenvalue weighted by atomic mass is 28.2. The molecular formula is C14H29NO6Si. The number of ether oxygens (including phenoxy) is 3. The second-order valence-electron chi connectivity index (χ2n) is 4.29. The lowest BCUT2D eigenvalue weighted by Gasteiger charge is -2.08. The van der Waals surface area contributed by atoms with E-state index in [-0.39, 0.29) is 36.9 Å². The van der Waals surface area contributed by atoms with Crippen LogP contribution in [0.3, 0.4) is 0 Å². The van der Waals surface area contributed by atoms with Crippen molar-refractivity contribution in [2.45, 2.75) is 26.8 Å². The van der Waals surface area contributed by atoms with Crippen LogP contribution in [0, 0.1) is 0 Å². The minimum Gasteiger partial charge on any atom is -0.460 e. The molecule has 0 bridgehead atoms. The Balaban J connectivity index is 0. The fourth-order valence-corrected chi connectivity index (χ4v) is 1.91. The van der Waals surface area contributed by atoms with Gasteiger partial charge in [0.15, 0.2) is 9.76 Å². The van der Waals surface area contributed by atoms with Crippen LogP contribution < -0.4 is 5.32 Å². The van der Waals surface area contributed by atoms with Gasteiger partial charge < -0.3 is 24.0 Å². The molecule has 0 saturated heterocycles. The van der Waals surface area contributed by atoms with E-state index in [1.165, 1.54) is 0 Å². The lowest BCUT2D eigenvalue weighted by molar-refractivity contribution is -0.138. The molecule has 0 aromatic rings. The first-order valence-corrected chi connectivity index (χ1v) is 8.45. The van der Waals surface area contributed by atoms with Crippen molar-refractivity contribution in [3.63, 3.8) is 0 Å². The number of nitrogens with one attached hydrogen (secondary N) is 1. The Hall–Kier alpha value is -1.38. The summed E-state index contributed by atoms with van der Waals surface area (Å²) < 4.78 is 20.0. The van der Waals surface area contributed by atoms with Gasteiger partial charge in [0, 0.05) is 19.3 Å². The zero-order valence-corrected chi connectivity index (χ0v) is 14.2. The maximum Gasteiger partial charge on any atom is 0.407 e. The van der Waals surface area contributed by atoms with Gasteiger partial charge in [-0.2, -0.15) is 0 Å². The monoisotopic (exact) mass is 335 g/mol. The Bertz CT molecular complexity index is 324. The van der Waals surface area contributed by atoms with Crippen molar-refractivity contribution in [1.29, 1.82) is 0 Å². The number of carbonyl (C=O) groups is 2. The standard InChI is InChI=1S/C13H25NO6Si.CH4/c1-11(2)12(15)19-7-5-14-13(16)20-9-8-18-6-4-10-21-17-3;/h1,4-10,21H2,2-3H3,(H,14,16);1H4. The molecule has 0 atom stereocenters. The van der Waals surface area contributed by atoms with Crippen LogP contribution in [0.2, 0.25) is 6.04 Å². The van der Waals surface area contributed by atoms with E-state index in [0.717, 1.165) is 12.5 Å². The summed E-state index contributed by atoms with van der Waals surface area (Å²) in [5.74, 6) is -0.477. The van der Waals surface area contributed by atoms with Crippen molar-refractivity contribution in [1.82, 2.24) is 5.32 Å². The summed E-state index contributed by atoms with van der Waals surface area (Å²) in [5, 5.41) is 2.46. The quantitative estimate of drug-likeness (QED) is 0.248. The van der Waals surface area contributed by atoms with Crippen molar-refractivity contribution < 1.29 is 28.2 Å². The maximum atomic E-state index is 11.2. The second-order valence-corrected chi connectivity index (χ2v) is 5.98. The van der Waals surface area contributed by atoms with Crippen molar-refractivity contribution in [2.24, 2.45) is 0 Å². The Morgan fingerprint density at radius 1 is 1.14 bits per heavy atom. The van der Waals surface area contributed by atoms with E-state index in [2.05, 4.69) is 11.9 Å². The van der Waals surface area contributed by atoms with Crippen LogP contribution in [0.5, 0.6) is 0 Å². The van der Waals surface area contributed by atoms with Crippen molar-refractivity contribution in [2.75, 3.05) is 40.1 Å². The summed E-state index contributed by atoms with van der Waals surface area (Å²) in [6, 6.07) is 1.08. The molecule has 130 valence electrons. The van der Waals surface area contributed by atoms with Crippen LogP contribution in [0.1, 0.15) is 20.8 Å². The predicted molar refractivity (Wildman–Crippen MR) is 87.7 cm³/mol. The van der Waals surface area contributed by atoms with Crippen molar-refractivity contribution in [3.8, 4) is 0 Å². The average Bonchev–Trinajstić information content (AvgIpc) is 2.46. The first kappa shape index (κ1) is 22.9. The molecule has 0 spiro atoms. The van der Waals surface area contributed by atoms with Gasteiger partial charge >= 0.3 is 12.1 Å². The van der Waals surface area contributed by atoms with Gasteiger partial charge in [0.25, 0.3) is 0 Å². The molecule has 0 aliphatic carbocycles. The highest BCUT2D eigenvalue weighted by Gasteiger charge is 2.04. The Morgan fingerprint density at radius 2 is 1.86 bits per heavy atom. The summed E-state index contributed by atoms with van der Waals surface area (Å²) >= 11 is 0. The largest absolute Gasteiger partial charge is 0.460 e. The molecule has 22 heavy (non-hydrogen) atoms. The smallest absolute Gasteiger partial charge is 0.407 e. The third kappa shape index (κ3) is 15.0. The van der Waals surface area contributed by atoms with Gasteiger partial charge in [0.1, 0.15) is 13.2 Å². The number of amides is 1. The second kappa shape index (κ2) is 16.0. The molecule has 0 unspecified atom stereocenters. The molecule has 8 heteroatoms. The van der Waals surface area contributed by atoms with Gasteiger partial charge in [-0.15, -0.1) is 0 Å². The molecule has 0 fully saturated rings. The number of hydrogen-bond donors (Lipinski definition) is 1. The highest BCUT2D eigenvalue weighted by Crippen LogP contribution is 1.91. The van der Waals surface area contributed by atoms with E-state index in [4.69, 9.17) is 18.6 Å². The van der Waals surface area contributed by atoms with Gasteiger partial charge in [-0.25, -0.2) is 9.59 Å². The summed E-state index contributed by atoms with van der Waals surface area (Å²) in [6.45, 7) is 6.49. The van der Waals surface area contributed by atoms with E-state index in [1.807, 2.05) is 0 Å². The Morgan fingerprint density at radius 3 is 2.50 bits per heavy atom. The van der Waals surface area contributed by atoms with Crippen LogP contribution >= 0.6 is 0 Å². The fraction of sp³-hybridized carbons (Fsp3) is 0.714. The summed E-state index contributed by atoms with van der Waals surface area (Å²) in [6.07, 6.45) is 0.414. The molecule has 0 rings (SSSR count). The molecule has 0 radical (unpaired) electrons. The number of hydrogen-bond acceptors (Lipinski definition) is 6. The van der Waals surface area contributed by atoms with Gasteiger partial charge in [-0.1, -0.05) is 14.0 Å². The fourth-order valence-electron chi connectivity index (χ4n) is 1.22. The minimum absolute atomic E-state index is 0. The first-order chi connectivity index (χ1) is 10.1. The minimum atomic E-state index is -0.559. The lowest BCUT2D eigenvalue weighted by atomic mass is 10.4. The molecular weight excluding hydrogens is 306 g/mol. The molecule has 0 aromatic carbocycles. The normalized spacial score (nSPS) is 10.1. The molecule has 0 saturated carbocycles. The zero-order valence-electron chi connectivity index (χ0n) is 12.8. The summed E-state index contributed by atoms with van der Waals surface area (Å²) in [7, 11) is 1.35. The van der Waals surface area contributed by atoms with Gasteiger partial charge in [0.2, 0.25) is 0 Å². The third-order valence-corrected chi connectivity index (χ3v) is 3.50. The zero-order chi connectivity index (χ0) is 15.9. The number of alkyl carbamates (subject to hydrolysis) is 1. The van der Waals surface area contributed by atoms with E-state index in [9.17, 15) is 9.59 Å². The van der Waals surface area contributed by atoms with E-state index in [0.29, 0.717) is 18.8 Å². The lowest BCUT2D eigenvalue weighted by Crippen LogP contribution is -2.29. The first-order valence-electron chi connectivity index (χ1n) is 6.88. The van der Waals surface area contributed by atoms with Crippen LogP contribution in [0.15, 0.2) is 12.2 Å². The molecule has 1 amide bonds. The maximum absolute atomic E-state index is 11.2. The van der Waals surface area contributed by atoms with Crippen LogP contribution in [0.25, 0.3) is 0 Å². The van der Waals surface area contributed by atoms with Crippen LogP contribution in [-0.4, -0.2) is 61.9 Å². The van der Waals surface area contributed by atoms with Crippen molar-refractivity contribution in [3.05, 3.63) is 12.2 Å². The average molecular weight is 335 g/mol. The van der Waals surface area contributed by atoms with Gasteiger partial charge in [-0.05, 0) is 19.4 Å². The number of rotatable bonds is 12. The molecule has 0 aliphatic heterocycles. The topological polar surface area (TPSA) is 83.1 Å². The molecule has 7 nitrogen and oxygen atoms in total. The Labute approximate surface area is 135 Å². The molecule has 0 heterocycles. The van der Waals surface area contributed by atoms with Crippen molar-refractivity contribution >= 4 is 21.8 Å². The SMILES string of the molecule is C.C=C(C)C(=O)OCCNC(=O)OCCOCCC[SiH2]OC. The number of carbonyl (C=O) groups excluding carboxylic acids is 2. The van der Waals surface area contributed by atoms with Gasteiger partial charge in [0.05, 0.1) is 13.2 Å². The summed E-state index contributed by atoms with van der Waals surface area (Å²) in [4.78, 5) is 22.3. The predicted octanol–water partition coefficient (Wildman–Crippen LogP) is 1.02. The Kier molecular flexibility index (Phi) is 16.6. The number of esters is 1. The third-order valence-electron chi connectivity index (χ3n) is 2.30. The van der Waals surface area contributed by atoms with E-state index in [1.54, 1.807) is 14.0 Å². The molecule has 1 N–H and O–H groups in total. The highest BCUT2D eigenvalue weighted by molar-refractivity contribution is 6.26.